The zero-order valence-corrected chi connectivity index (χ0v) is 11.5. The Labute approximate surface area is 118 Å². The molecule has 3 heteroatoms. The zero-order chi connectivity index (χ0) is 13.3. The molecule has 2 aromatic rings. The third kappa shape index (κ3) is 1.22. The fraction of sp³-hybridized carbons (Fsp3) is 0.471. The van der Waals surface area contributed by atoms with Crippen LogP contribution in [0.3, 0.4) is 0 Å². The summed E-state index contributed by atoms with van der Waals surface area (Å²) in [5.74, 6) is 0.861. The molecule has 3 aliphatic heterocycles. The van der Waals surface area contributed by atoms with E-state index < -0.39 is 0 Å². The largest absolute Gasteiger partial charge is 0.294 e. The molecule has 0 bridgehead atoms. The van der Waals surface area contributed by atoms with Crippen molar-refractivity contribution in [3.63, 3.8) is 0 Å². The number of hydrogen-bond acceptors (Lipinski definition) is 2. The molecular weight excluding hydrogens is 248 g/mol. The lowest BCUT2D eigenvalue weighted by atomic mass is 9.79. The van der Waals surface area contributed by atoms with E-state index >= 15 is 0 Å². The summed E-state index contributed by atoms with van der Waals surface area (Å²) in [5, 5.41) is 1.31. The Morgan fingerprint density at radius 3 is 3.00 bits per heavy atom. The number of rotatable bonds is 0. The highest BCUT2D eigenvalue weighted by Gasteiger charge is 2.44. The standard InChI is InChI=1S/C17H18N2O/c20-15-10-11-4-3-8-18-9-7-13-12-5-1-2-6-14(12)19(15)17(13)16(11)18/h1-2,5-6,11,16H,3-4,7-10H2. The first-order valence-electron chi connectivity index (χ1n) is 7.74. The van der Waals surface area contributed by atoms with Gasteiger partial charge in [0.05, 0.1) is 11.6 Å². The smallest absolute Gasteiger partial charge is 0.231 e. The van der Waals surface area contributed by atoms with Gasteiger partial charge in [-0.15, -0.1) is 0 Å². The van der Waals surface area contributed by atoms with Gasteiger partial charge in [-0.1, -0.05) is 18.2 Å². The molecule has 0 radical (unpaired) electrons. The third-order valence-corrected chi connectivity index (χ3v) is 5.50. The second kappa shape index (κ2) is 3.73. The van der Waals surface area contributed by atoms with Gasteiger partial charge >= 0.3 is 0 Å². The van der Waals surface area contributed by atoms with E-state index in [1.54, 1.807) is 0 Å². The molecule has 0 amide bonds. The van der Waals surface area contributed by atoms with Crippen LogP contribution in [0.25, 0.3) is 10.9 Å². The molecule has 20 heavy (non-hydrogen) atoms. The van der Waals surface area contributed by atoms with E-state index in [9.17, 15) is 4.79 Å². The van der Waals surface area contributed by atoms with Gasteiger partial charge in [-0.3, -0.25) is 14.3 Å². The summed E-state index contributed by atoms with van der Waals surface area (Å²) in [6, 6.07) is 8.95. The van der Waals surface area contributed by atoms with Crippen LogP contribution in [0.5, 0.6) is 0 Å². The zero-order valence-electron chi connectivity index (χ0n) is 11.5. The van der Waals surface area contributed by atoms with Crippen molar-refractivity contribution in [2.45, 2.75) is 31.7 Å². The summed E-state index contributed by atoms with van der Waals surface area (Å²) < 4.78 is 2.04. The fourth-order valence-electron chi connectivity index (χ4n) is 4.75. The number of carbonyl (C=O) groups is 1. The highest BCUT2D eigenvalue weighted by Crippen LogP contribution is 2.48. The maximum Gasteiger partial charge on any atom is 0.231 e. The van der Waals surface area contributed by atoms with Crippen molar-refractivity contribution in [2.24, 2.45) is 5.92 Å². The molecule has 1 saturated heterocycles. The number of aromatic nitrogens is 1. The van der Waals surface area contributed by atoms with Crippen LogP contribution < -0.4 is 0 Å². The van der Waals surface area contributed by atoms with Gasteiger partial charge in [0.25, 0.3) is 0 Å². The van der Waals surface area contributed by atoms with Crippen molar-refractivity contribution in [2.75, 3.05) is 13.1 Å². The predicted octanol–water partition coefficient (Wildman–Crippen LogP) is 2.99. The molecule has 0 N–H and O–H groups in total. The van der Waals surface area contributed by atoms with Crippen molar-refractivity contribution < 1.29 is 4.79 Å². The number of carbonyl (C=O) groups excluding carboxylic acids is 1. The Kier molecular flexibility index (Phi) is 2.07. The van der Waals surface area contributed by atoms with E-state index in [1.165, 1.54) is 36.0 Å². The van der Waals surface area contributed by atoms with E-state index in [0.717, 1.165) is 24.9 Å². The predicted molar refractivity (Wildman–Crippen MR) is 77.9 cm³/mol. The van der Waals surface area contributed by atoms with E-state index in [2.05, 4.69) is 29.2 Å². The van der Waals surface area contributed by atoms with E-state index in [1.807, 2.05) is 4.57 Å². The van der Waals surface area contributed by atoms with Crippen molar-refractivity contribution in [3.8, 4) is 0 Å². The first kappa shape index (κ1) is 11.1. The van der Waals surface area contributed by atoms with Crippen molar-refractivity contribution >= 4 is 16.8 Å². The number of piperidine rings is 1. The number of hydrogen-bond donors (Lipinski definition) is 0. The van der Waals surface area contributed by atoms with Gasteiger partial charge in [0.15, 0.2) is 0 Å². The van der Waals surface area contributed by atoms with E-state index in [0.29, 0.717) is 17.9 Å². The van der Waals surface area contributed by atoms with Crippen molar-refractivity contribution in [3.05, 3.63) is 35.5 Å². The molecule has 5 rings (SSSR count). The van der Waals surface area contributed by atoms with E-state index in [-0.39, 0.29) is 0 Å². The molecule has 2 atom stereocenters. The number of fused-ring (bicyclic) bond motifs is 3. The average Bonchev–Trinajstić information content (AvgIpc) is 2.82. The minimum atomic E-state index is 0.312. The molecule has 102 valence electrons. The Morgan fingerprint density at radius 2 is 2.05 bits per heavy atom. The second-order valence-electron chi connectivity index (χ2n) is 6.45. The fourth-order valence-corrected chi connectivity index (χ4v) is 4.75. The number of benzene rings is 1. The molecule has 0 saturated carbocycles. The summed E-state index contributed by atoms with van der Waals surface area (Å²) in [6.07, 6.45) is 4.30. The van der Waals surface area contributed by atoms with Gasteiger partial charge in [0, 0.05) is 24.0 Å². The van der Waals surface area contributed by atoms with Crippen molar-refractivity contribution in [1.82, 2.24) is 9.47 Å². The van der Waals surface area contributed by atoms with Gasteiger partial charge in [-0.05, 0) is 43.4 Å². The lowest BCUT2D eigenvalue weighted by Crippen LogP contribution is -2.47. The monoisotopic (exact) mass is 266 g/mol. The van der Waals surface area contributed by atoms with Crippen molar-refractivity contribution in [1.29, 1.82) is 0 Å². The third-order valence-electron chi connectivity index (χ3n) is 5.50. The van der Waals surface area contributed by atoms with Gasteiger partial charge in [-0.25, -0.2) is 0 Å². The average molecular weight is 266 g/mol. The normalized spacial score (nSPS) is 28.7. The molecule has 3 aliphatic rings. The van der Waals surface area contributed by atoms with Gasteiger partial charge in [-0.2, -0.15) is 0 Å². The van der Waals surface area contributed by atoms with E-state index in [4.69, 9.17) is 0 Å². The maximum absolute atomic E-state index is 12.6. The van der Waals surface area contributed by atoms with Crippen LogP contribution in [0.2, 0.25) is 0 Å². The summed E-state index contributed by atoms with van der Waals surface area (Å²) >= 11 is 0. The Morgan fingerprint density at radius 1 is 1.15 bits per heavy atom. The van der Waals surface area contributed by atoms with Crippen LogP contribution in [0.4, 0.5) is 0 Å². The summed E-state index contributed by atoms with van der Waals surface area (Å²) in [7, 11) is 0. The quantitative estimate of drug-likeness (QED) is 0.732. The Bertz CT molecular complexity index is 730. The molecule has 4 heterocycles. The van der Waals surface area contributed by atoms with Crippen LogP contribution in [-0.4, -0.2) is 28.5 Å². The second-order valence-corrected chi connectivity index (χ2v) is 6.45. The lowest BCUT2D eigenvalue weighted by molar-refractivity contribution is 0.0478. The molecule has 3 nitrogen and oxygen atoms in total. The molecule has 1 aromatic carbocycles. The highest BCUT2D eigenvalue weighted by molar-refractivity contribution is 5.97. The first-order chi connectivity index (χ1) is 9.84. The molecule has 1 aromatic heterocycles. The number of nitrogens with zero attached hydrogens (tertiary/aromatic N) is 2. The first-order valence-corrected chi connectivity index (χ1v) is 7.74. The summed E-state index contributed by atoms with van der Waals surface area (Å²) in [4.78, 5) is 15.3. The summed E-state index contributed by atoms with van der Waals surface area (Å²) in [5.41, 5.74) is 3.91. The van der Waals surface area contributed by atoms with Crippen LogP contribution in [0.15, 0.2) is 24.3 Å². The topological polar surface area (TPSA) is 25.2 Å². The van der Waals surface area contributed by atoms with Crippen LogP contribution in [0, 0.1) is 5.92 Å². The van der Waals surface area contributed by atoms with Gasteiger partial charge < -0.3 is 0 Å². The molecule has 0 aliphatic carbocycles. The minimum Gasteiger partial charge on any atom is -0.294 e. The maximum atomic E-state index is 12.6. The Balaban J connectivity index is 1.88. The number of para-hydroxylation sites is 1. The Hall–Kier alpha value is -1.61. The summed E-state index contributed by atoms with van der Waals surface area (Å²) in [6.45, 7) is 2.37. The molecule has 0 spiro atoms. The van der Waals surface area contributed by atoms with Gasteiger partial charge in [0.2, 0.25) is 5.91 Å². The molecular formula is C17H18N2O. The minimum absolute atomic E-state index is 0.312. The molecule has 1 fully saturated rings. The van der Waals surface area contributed by atoms with Gasteiger partial charge in [0.1, 0.15) is 0 Å². The van der Waals surface area contributed by atoms with Crippen LogP contribution in [-0.2, 0) is 6.42 Å². The highest BCUT2D eigenvalue weighted by atomic mass is 16.2. The lowest BCUT2D eigenvalue weighted by Gasteiger charge is -2.46. The van der Waals surface area contributed by atoms with Crippen LogP contribution in [0.1, 0.15) is 41.4 Å². The molecule has 2 unspecified atom stereocenters. The SMILES string of the molecule is O=C1CC2CCCN3CCc4c(n1c1ccccc41)C23. The van der Waals surface area contributed by atoms with Crippen LogP contribution >= 0.6 is 0 Å².